The summed E-state index contributed by atoms with van der Waals surface area (Å²) in [6.07, 6.45) is 1.17. The van der Waals surface area contributed by atoms with Gasteiger partial charge in [0.15, 0.2) is 0 Å². The molecule has 0 bridgehead atoms. The average molecular weight is 403 g/mol. The number of ether oxygens (including phenoxy) is 1. The van der Waals surface area contributed by atoms with Gasteiger partial charge in [-0.3, -0.25) is 10.1 Å². The van der Waals surface area contributed by atoms with Crippen molar-refractivity contribution < 1.29 is 14.1 Å². The number of anilines is 1. The van der Waals surface area contributed by atoms with Crippen molar-refractivity contribution in [2.45, 2.75) is 20.4 Å². The van der Waals surface area contributed by atoms with Crippen molar-refractivity contribution in [3.05, 3.63) is 80.4 Å². The molecule has 0 atom stereocenters. The summed E-state index contributed by atoms with van der Waals surface area (Å²) in [5.74, 6) is -0.170. The zero-order chi connectivity index (χ0) is 20.3. The molecule has 0 saturated heterocycles. The maximum atomic E-state index is 13.0. The molecule has 3 rings (SSSR count). The molecule has 0 spiro atoms. The van der Waals surface area contributed by atoms with Gasteiger partial charge in [0.05, 0.1) is 4.92 Å². The van der Waals surface area contributed by atoms with E-state index in [0.717, 1.165) is 16.7 Å². The molecule has 0 radical (unpaired) electrons. The number of nitrogens with zero attached hydrogens (tertiary/aromatic N) is 3. The van der Waals surface area contributed by atoms with Crippen LogP contribution in [-0.4, -0.2) is 14.9 Å². The lowest BCUT2D eigenvalue weighted by Gasteiger charge is -2.11. The molecule has 0 unspecified atom stereocenters. The number of aryl methyl sites for hydroxylation is 2. The summed E-state index contributed by atoms with van der Waals surface area (Å²) in [4.78, 5) is 18.9. The highest BCUT2D eigenvalue weighted by Gasteiger charge is 2.25. The van der Waals surface area contributed by atoms with Gasteiger partial charge >= 0.3 is 11.6 Å². The standard InChI is InChI=1S/C19H16ClFN4O3/c1-11-7-15(8-12(2)16(11)20)28-19-17(25(26)27)18(23-10-24-19)22-9-13-3-5-14(21)6-4-13/h3-8,10H,9H2,1-2H3,(H,22,23,24). The van der Waals surface area contributed by atoms with E-state index in [1.165, 1.54) is 18.5 Å². The molecule has 3 aromatic rings. The first-order valence-corrected chi connectivity index (χ1v) is 8.65. The van der Waals surface area contributed by atoms with Crippen LogP contribution < -0.4 is 10.1 Å². The van der Waals surface area contributed by atoms with Crippen molar-refractivity contribution in [2.24, 2.45) is 0 Å². The number of benzene rings is 2. The fourth-order valence-electron chi connectivity index (χ4n) is 2.60. The van der Waals surface area contributed by atoms with E-state index < -0.39 is 10.6 Å². The minimum absolute atomic E-state index is 0.00160. The maximum Gasteiger partial charge on any atom is 0.373 e. The number of rotatable bonds is 6. The molecule has 0 aliphatic heterocycles. The molecule has 1 heterocycles. The molecule has 144 valence electrons. The van der Waals surface area contributed by atoms with Crippen LogP contribution in [-0.2, 0) is 6.54 Å². The third kappa shape index (κ3) is 4.34. The SMILES string of the molecule is Cc1cc(Oc2ncnc(NCc3ccc(F)cc3)c2[N+](=O)[O-])cc(C)c1Cl. The molecule has 1 N–H and O–H groups in total. The minimum atomic E-state index is -0.613. The Hall–Kier alpha value is -3.26. The number of hydrogen-bond donors (Lipinski definition) is 1. The van der Waals surface area contributed by atoms with Gasteiger partial charge in [0.1, 0.15) is 17.9 Å². The molecule has 0 saturated carbocycles. The molecule has 1 aromatic heterocycles. The van der Waals surface area contributed by atoms with E-state index >= 15 is 0 Å². The predicted octanol–water partition coefficient (Wildman–Crippen LogP) is 5.20. The molecule has 2 aromatic carbocycles. The second-order valence-corrected chi connectivity index (χ2v) is 6.46. The Morgan fingerprint density at radius 2 is 1.82 bits per heavy atom. The number of hydrogen-bond acceptors (Lipinski definition) is 6. The zero-order valence-electron chi connectivity index (χ0n) is 15.1. The molecule has 9 heteroatoms. The summed E-state index contributed by atoms with van der Waals surface area (Å²) in [7, 11) is 0. The Kier molecular flexibility index (Phi) is 5.70. The monoisotopic (exact) mass is 402 g/mol. The summed E-state index contributed by atoms with van der Waals surface area (Å²) in [6.45, 7) is 3.84. The Balaban J connectivity index is 1.89. The summed E-state index contributed by atoms with van der Waals surface area (Å²) >= 11 is 6.15. The number of nitro groups is 1. The van der Waals surface area contributed by atoms with Crippen molar-refractivity contribution in [1.82, 2.24) is 9.97 Å². The Morgan fingerprint density at radius 1 is 1.18 bits per heavy atom. The van der Waals surface area contributed by atoms with Crippen LogP contribution in [0.2, 0.25) is 5.02 Å². The van der Waals surface area contributed by atoms with Crippen LogP contribution in [0.4, 0.5) is 15.9 Å². The fourth-order valence-corrected chi connectivity index (χ4v) is 2.71. The number of aromatic nitrogens is 2. The number of nitrogens with one attached hydrogen (secondary N) is 1. The van der Waals surface area contributed by atoms with Crippen molar-refractivity contribution in [3.63, 3.8) is 0 Å². The lowest BCUT2D eigenvalue weighted by Crippen LogP contribution is -2.07. The summed E-state index contributed by atoms with van der Waals surface area (Å²) < 4.78 is 18.7. The summed E-state index contributed by atoms with van der Waals surface area (Å²) in [5, 5.41) is 15.1. The van der Waals surface area contributed by atoms with Crippen LogP contribution in [0.25, 0.3) is 0 Å². The van der Waals surface area contributed by atoms with Crippen molar-refractivity contribution in [1.29, 1.82) is 0 Å². The van der Waals surface area contributed by atoms with Gasteiger partial charge in [0.2, 0.25) is 5.82 Å². The lowest BCUT2D eigenvalue weighted by molar-refractivity contribution is -0.385. The average Bonchev–Trinajstić information content (AvgIpc) is 2.65. The van der Waals surface area contributed by atoms with E-state index in [0.29, 0.717) is 10.8 Å². The first-order valence-electron chi connectivity index (χ1n) is 8.27. The van der Waals surface area contributed by atoms with Gasteiger partial charge in [-0.05, 0) is 54.8 Å². The topological polar surface area (TPSA) is 90.2 Å². The molecule has 0 aliphatic carbocycles. The highest BCUT2D eigenvalue weighted by atomic mass is 35.5. The fraction of sp³-hybridized carbons (Fsp3) is 0.158. The Labute approximate surface area is 165 Å². The molecule has 0 amide bonds. The van der Waals surface area contributed by atoms with Gasteiger partial charge in [0.25, 0.3) is 0 Å². The normalized spacial score (nSPS) is 10.6. The molecule has 28 heavy (non-hydrogen) atoms. The van der Waals surface area contributed by atoms with Gasteiger partial charge in [0, 0.05) is 11.6 Å². The van der Waals surface area contributed by atoms with Crippen LogP contribution in [0.3, 0.4) is 0 Å². The maximum absolute atomic E-state index is 13.0. The number of halogens is 2. The second kappa shape index (κ2) is 8.18. The van der Waals surface area contributed by atoms with Gasteiger partial charge in [-0.15, -0.1) is 0 Å². The Morgan fingerprint density at radius 3 is 2.43 bits per heavy atom. The van der Waals surface area contributed by atoms with E-state index in [2.05, 4.69) is 15.3 Å². The van der Waals surface area contributed by atoms with Crippen molar-refractivity contribution in [3.8, 4) is 11.6 Å². The van der Waals surface area contributed by atoms with Crippen molar-refractivity contribution >= 4 is 23.1 Å². The third-order valence-electron chi connectivity index (χ3n) is 3.97. The van der Waals surface area contributed by atoms with Crippen LogP contribution in [0.1, 0.15) is 16.7 Å². The van der Waals surface area contributed by atoms with Gasteiger partial charge < -0.3 is 10.1 Å². The highest BCUT2D eigenvalue weighted by Crippen LogP contribution is 2.36. The largest absolute Gasteiger partial charge is 0.434 e. The van der Waals surface area contributed by atoms with E-state index in [1.54, 1.807) is 24.3 Å². The predicted molar refractivity (Wildman–Crippen MR) is 103 cm³/mol. The first-order chi connectivity index (χ1) is 13.3. The van der Waals surface area contributed by atoms with E-state index in [1.807, 2.05) is 13.8 Å². The van der Waals surface area contributed by atoms with Crippen LogP contribution in [0, 0.1) is 29.8 Å². The summed E-state index contributed by atoms with van der Waals surface area (Å²) in [6, 6.07) is 9.12. The highest BCUT2D eigenvalue weighted by molar-refractivity contribution is 6.32. The quantitative estimate of drug-likeness (QED) is 0.450. The van der Waals surface area contributed by atoms with E-state index in [-0.39, 0.29) is 24.1 Å². The van der Waals surface area contributed by atoms with E-state index in [4.69, 9.17) is 16.3 Å². The van der Waals surface area contributed by atoms with Crippen molar-refractivity contribution in [2.75, 3.05) is 5.32 Å². The third-order valence-corrected chi connectivity index (χ3v) is 4.57. The zero-order valence-corrected chi connectivity index (χ0v) is 15.8. The summed E-state index contributed by atoms with van der Waals surface area (Å²) in [5.41, 5.74) is 1.90. The molecule has 7 nitrogen and oxygen atoms in total. The van der Waals surface area contributed by atoms with Crippen LogP contribution in [0.5, 0.6) is 11.6 Å². The smallest absolute Gasteiger partial charge is 0.373 e. The lowest BCUT2D eigenvalue weighted by atomic mass is 10.1. The molecule has 0 aliphatic rings. The van der Waals surface area contributed by atoms with Crippen LogP contribution >= 0.6 is 11.6 Å². The molecular weight excluding hydrogens is 387 g/mol. The Bertz CT molecular complexity index is 1010. The van der Waals surface area contributed by atoms with E-state index in [9.17, 15) is 14.5 Å². The molecule has 0 fully saturated rings. The molecular formula is C19H16ClFN4O3. The van der Waals surface area contributed by atoms with Gasteiger partial charge in [-0.1, -0.05) is 23.7 Å². The second-order valence-electron chi connectivity index (χ2n) is 6.09. The minimum Gasteiger partial charge on any atom is -0.434 e. The first kappa shape index (κ1) is 19.5. The van der Waals surface area contributed by atoms with Crippen LogP contribution in [0.15, 0.2) is 42.7 Å². The van der Waals surface area contributed by atoms with Gasteiger partial charge in [-0.25, -0.2) is 9.37 Å². The van der Waals surface area contributed by atoms with Gasteiger partial charge in [-0.2, -0.15) is 4.98 Å².